The van der Waals surface area contributed by atoms with Crippen LogP contribution in [0.4, 0.5) is 19.0 Å². The Morgan fingerprint density at radius 3 is 2.61 bits per heavy atom. The van der Waals surface area contributed by atoms with Crippen LogP contribution in [-0.4, -0.2) is 36.4 Å². The average Bonchev–Trinajstić information content (AvgIpc) is 2.84. The summed E-state index contributed by atoms with van der Waals surface area (Å²) >= 11 is 0. The van der Waals surface area contributed by atoms with Gasteiger partial charge in [-0.2, -0.15) is 13.2 Å². The monoisotopic (exact) mass is 322 g/mol. The summed E-state index contributed by atoms with van der Waals surface area (Å²) in [5, 5.41) is 11.6. The molecule has 4 nitrogen and oxygen atoms in total. The fraction of sp³-hybridized carbons (Fsp3) is 0.375. The van der Waals surface area contributed by atoms with Crippen molar-refractivity contribution in [3.63, 3.8) is 0 Å². The maximum Gasteiger partial charge on any atom is 0.416 e. The van der Waals surface area contributed by atoms with Gasteiger partial charge in [-0.3, -0.25) is 0 Å². The van der Waals surface area contributed by atoms with Gasteiger partial charge in [0, 0.05) is 25.2 Å². The summed E-state index contributed by atoms with van der Waals surface area (Å²) in [6.45, 7) is 3.60. The molecule has 0 amide bonds. The quantitative estimate of drug-likeness (QED) is 0.923. The summed E-state index contributed by atoms with van der Waals surface area (Å²) in [6.07, 6.45) is -3.33. The molecule has 0 bridgehead atoms. The minimum atomic E-state index is -4.36. The Labute approximate surface area is 132 Å². The zero-order valence-electron chi connectivity index (χ0n) is 12.5. The van der Waals surface area contributed by atoms with Crippen LogP contribution in [0.2, 0.25) is 0 Å². The zero-order chi connectivity index (χ0) is 16.3. The predicted octanol–water partition coefficient (Wildman–Crippen LogP) is 2.96. The van der Waals surface area contributed by atoms with Crippen LogP contribution in [0.25, 0.3) is 11.3 Å². The Morgan fingerprint density at radius 1 is 1.00 bits per heavy atom. The van der Waals surface area contributed by atoms with E-state index in [9.17, 15) is 13.2 Å². The van der Waals surface area contributed by atoms with E-state index in [4.69, 9.17) is 0 Å². The number of aromatic nitrogens is 2. The minimum absolute atomic E-state index is 0.413. The van der Waals surface area contributed by atoms with E-state index < -0.39 is 11.7 Å². The lowest BCUT2D eigenvalue weighted by Crippen LogP contribution is -2.28. The molecule has 0 spiro atoms. The van der Waals surface area contributed by atoms with Crippen LogP contribution in [0.3, 0.4) is 0 Å². The van der Waals surface area contributed by atoms with Crippen LogP contribution in [0.15, 0.2) is 36.4 Å². The van der Waals surface area contributed by atoms with Gasteiger partial charge in [0.15, 0.2) is 5.82 Å². The maximum atomic E-state index is 12.8. The molecule has 1 saturated heterocycles. The fourth-order valence-electron chi connectivity index (χ4n) is 2.58. The Hall–Kier alpha value is -2.15. The molecule has 1 N–H and O–H groups in total. The molecule has 1 aliphatic rings. The summed E-state index contributed by atoms with van der Waals surface area (Å²) in [4.78, 5) is 2.13. The van der Waals surface area contributed by atoms with Crippen molar-refractivity contribution in [2.24, 2.45) is 0 Å². The number of nitrogens with one attached hydrogen (secondary N) is 1. The molecule has 23 heavy (non-hydrogen) atoms. The van der Waals surface area contributed by atoms with Gasteiger partial charge in [-0.25, -0.2) is 0 Å². The van der Waals surface area contributed by atoms with Crippen molar-refractivity contribution in [3.8, 4) is 11.3 Å². The molecule has 1 aromatic carbocycles. The van der Waals surface area contributed by atoms with E-state index in [1.54, 1.807) is 12.1 Å². The molecule has 1 fully saturated rings. The molecular weight excluding hydrogens is 305 g/mol. The van der Waals surface area contributed by atoms with Gasteiger partial charge in [0.2, 0.25) is 0 Å². The standard InChI is InChI=1S/C16H17F3N4/c17-16(18,19)13-4-1-3-12(11-13)14-5-6-15(22-21-14)23-9-2-7-20-8-10-23/h1,3-6,11,20H,2,7-10H2. The topological polar surface area (TPSA) is 41.0 Å². The van der Waals surface area contributed by atoms with Crippen molar-refractivity contribution in [1.29, 1.82) is 0 Å². The summed E-state index contributed by atoms with van der Waals surface area (Å²) in [5.41, 5.74) is 0.170. The Morgan fingerprint density at radius 2 is 1.87 bits per heavy atom. The highest BCUT2D eigenvalue weighted by Crippen LogP contribution is 2.31. The van der Waals surface area contributed by atoms with Gasteiger partial charge >= 0.3 is 6.18 Å². The lowest BCUT2D eigenvalue weighted by Gasteiger charge is -2.20. The first-order valence-corrected chi connectivity index (χ1v) is 7.51. The molecule has 0 unspecified atom stereocenters. The first kappa shape index (κ1) is 15.7. The number of hydrogen-bond acceptors (Lipinski definition) is 4. The van der Waals surface area contributed by atoms with Crippen LogP contribution >= 0.6 is 0 Å². The molecule has 7 heteroatoms. The molecule has 0 saturated carbocycles. The van der Waals surface area contributed by atoms with E-state index in [1.165, 1.54) is 6.07 Å². The molecule has 2 aromatic rings. The van der Waals surface area contributed by atoms with Crippen molar-refractivity contribution in [3.05, 3.63) is 42.0 Å². The number of halogens is 3. The lowest BCUT2D eigenvalue weighted by atomic mass is 10.1. The Kier molecular flexibility index (Phi) is 4.47. The highest BCUT2D eigenvalue weighted by Gasteiger charge is 2.30. The number of alkyl halides is 3. The molecule has 0 aliphatic carbocycles. The molecule has 1 aliphatic heterocycles. The third-order valence-electron chi connectivity index (χ3n) is 3.80. The largest absolute Gasteiger partial charge is 0.416 e. The summed E-state index contributed by atoms with van der Waals surface area (Å²) in [7, 11) is 0. The smallest absolute Gasteiger partial charge is 0.354 e. The summed E-state index contributed by atoms with van der Waals surface area (Å²) < 4.78 is 38.3. The molecule has 0 atom stereocenters. The van der Waals surface area contributed by atoms with Crippen LogP contribution in [0.1, 0.15) is 12.0 Å². The minimum Gasteiger partial charge on any atom is -0.354 e. The third kappa shape index (κ3) is 3.79. The fourth-order valence-corrected chi connectivity index (χ4v) is 2.58. The van der Waals surface area contributed by atoms with E-state index >= 15 is 0 Å². The Balaban J connectivity index is 1.82. The molecule has 0 radical (unpaired) electrons. The van der Waals surface area contributed by atoms with E-state index in [-0.39, 0.29) is 0 Å². The van der Waals surface area contributed by atoms with Crippen LogP contribution in [-0.2, 0) is 6.18 Å². The predicted molar refractivity (Wildman–Crippen MR) is 82.2 cm³/mol. The van der Waals surface area contributed by atoms with Crippen LogP contribution in [0.5, 0.6) is 0 Å². The molecule has 3 rings (SSSR count). The number of benzene rings is 1. The molecule has 122 valence electrons. The van der Waals surface area contributed by atoms with Crippen molar-refractivity contribution >= 4 is 5.82 Å². The van der Waals surface area contributed by atoms with E-state index in [1.807, 2.05) is 6.07 Å². The molecule has 2 heterocycles. The van der Waals surface area contributed by atoms with Gasteiger partial charge in [0.25, 0.3) is 0 Å². The third-order valence-corrected chi connectivity index (χ3v) is 3.80. The van der Waals surface area contributed by atoms with Crippen molar-refractivity contribution < 1.29 is 13.2 Å². The second kappa shape index (κ2) is 6.54. The number of nitrogens with zero attached hydrogens (tertiary/aromatic N) is 3. The Bertz CT molecular complexity index is 647. The van der Waals surface area contributed by atoms with Gasteiger partial charge in [0.1, 0.15) is 0 Å². The molecule has 1 aromatic heterocycles. The highest BCUT2D eigenvalue weighted by atomic mass is 19.4. The van der Waals surface area contributed by atoms with E-state index in [0.717, 1.165) is 50.6 Å². The lowest BCUT2D eigenvalue weighted by molar-refractivity contribution is -0.137. The first-order chi connectivity index (χ1) is 11.0. The van der Waals surface area contributed by atoms with Gasteiger partial charge < -0.3 is 10.2 Å². The van der Waals surface area contributed by atoms with Crippen molar-refractivity contribution in [2.45, 2.75) is 12.6 Å². The van der Waals surface area contributed by atoms with Crippen molar-refractivity contribution in [2.75, 3.05) is 31.1 Å². The van der Waals surface area contributed by atoms with Crippen LogP contribution < -0.4 is 10.2 Å². The SMILES string of the molecule is FC(F)(F)c1cccc(-c2ccc(N3CCCNCC3)nn2)c1. The average molecular weight is 322 g/mol. The van der Waals surface area contributed by atoms with Gasteiger partial charge in [-0.15, -0.1) is 10.2 Å². The molecular formula is C16H17F3N4. The van der Waals surface area contributed by atoms with Gasteiger partial charge in [-0.05, 0) is 37.2 Å². The number of rotatable bonds is 2. The van der Waals surface area contributed by atoms with Gasteiger partial charge in [-0.1, -0.05) is 12.1 Å². The number of hydrogen-bond donors (Lipinski definition) is 1. The van der Waals surface area contributed by atoms with E-state index in [0.29, 0.717) is 11.3 Å². The zero-order valence-corrected chi connectivity index (χ0v) is 12.5. The van der Waals surface area contributed by atoms with Crippen molar-refractivity contribution in [1.82, 2.24) is 15.5 Å². The number of anilines is 1. The maximum absolute atomic E-state index is 12.8. The second-order valence-electron chi connectivity index (χ2n) is 5.45. The normalized spacial score (nSPS) is 16.2. The summed E-state index contributed by atoms with van der Waals surface area (Å²) in [5.74, 6) is 0.754. The van der Waals surface area contributed by atoms with E-state index in [2.05, 4.69) is 20.4 Å². The van der Waals surface area contributed by atoms with Crippen LogP contribution in [0, 0.1) is 0 Å². The van der Waals surface area contributed by atoms with Gasteiger partial charge in [0.05, 0.1) is 11.3 Å². The highest BCUT2D eigenvalue weighted by molar-refractivity contribution is 5.61. The summed E-state index contributed by atoms with van der Waals surface area (Å²) in [6, 6.07) is 8.67. The first-order valence-electron chi connectivity index (χ1n) is 7.51. The second-order valence-corrected chi connectivity index (χ2v) is 5.45.